The van der Waals surface area contributed by atoms with Crippen LogP contribution in [0.3, 0.4) is 0 Å². The van der Waals surface area contributed by atoms with Gasteiger partial charge >= 0.3 is 5.97 Å². The first kappa shape index (κ1) is 12.2. The molecule has 0 amide bonds. The lowest BCUT2D eigenvalue weighted by atomic mass is 9.96. The summed E-state index contributed by atoms with van der Waals surface area (Å²) in [6, 6.07) is 3.73. The van der Waals surface area contributed by atoms with Gasteiger partial charge in [-0.25, -0.2) is 4.79 Å². The number of hydrogen-bond donors (Lipinski definition) is 2. The minimum Gasteiger partial charge on any atom is -0.465 e. The van der Waals surface area contributed by atoms with Gasteiger partial charge in [0.15, 0.2) is 0 Å². The number of ether oxygens (including phenoxy) is 1. The monoisotopic (exact) mass is 245 g/mol. The maximum absolute atomic E-state index is 11.7. The van der Waals surface area contributed by atoms with Gasteiger partial charge in [0.25, 0.3) is 0 Å². The number of aryl methyl sites for hydroxylation is 2. The summed E-state index contributed by atoms with van der Waals surface area (Å²) in [5.74, 6) is 0.133. The molecule has 94 valence electrons. The number of esters is 1. The molecule has 0 atom stereocenters. The smallest absolute Gasteiger partial charge is 0.338 e. The minimum atomic E-state index is -0.351. The van der Waals surface area contributed by atoms with Crippen LogP contribution >= 0.6 is 0 Å². The molecule has 5 nitrogen and oxygen atoms in total. The molecule has 0 fully saturated rings. The Morgan fingerprint density at radius 3 is 2.56 bits per heavy atom. The molecular formula is C13H15N3O2. The molecule has 0 spiro atoms. The van der Waals surface area contributed by atoms with Crippen LogP contribution in [0.4, 0.5) is 5.82 Å². The number of hydrogen-bond acceptors (Lipinski definition) is 4. The Morgan fingerprint density at radius 2 is 2.00 bits per heavy atom. The first-order valence-corrected chi connectivity index (χ1v) is 5.53. The zero-order valence-electron chi connectivity index (χ0n) is 10.6. The first-order valence-electron chi connectivity index (χ1n) is 5.53. The number of rotatable bonds is 2. The largest absolute Gasteiger partial charge is 0.465 e. The molecule has 0 radical (unpaired) electrons. The number of anilines is 1. The van der Waals surface area contributed by atoms with Crippen LogP contribution < -0.4 is 5.73 Å². The van der Waals surface area contributed by atoms with E-state index >= 15 is 0 Å². The Balaban J connectivity index is 2.62. The van der Waals surface area contributed by atoms with Gasteiger partial charge in [-0.05, 0) is 36.6 Å². The molecule has 5 heteroatoms. The SMILES string of the molecule is COC(=O)c1cc(-c2cn[nH]c2N)c(C)cc1C. The van der Waals surface area contributed by atoms with Gasteiger partial charge in [0.05, 0.1) is 18.9 Å². The molecule has 18 heavy (non-hydrogen) atoms. The van der Waals surface area contributed by atoms with Gasteiger partial charge in [0.1, 0.15) is 5.82 Å². The molecule has 1 aromatic heterocycles. The van der Waals surface area contributed by atoms with Crippen LogP contribution in [0.1, 0.15) is 21.5 Å². The van der Waals surface area contributed by atoms with Crippen LogP contribution in [0.25, 0.3) is 11.1 Å². The number of H-pyrrole nitrogens is 1. The lowest BCUT2D eigenvalue weighted by Crippen LogP contribution is -2.05. The van der Waals surface area contributed by atoms with Gasteiger partial charge in [-0.15, -0.1) is 0 Å². The Kier molecular flexibility index (Phi) is 3.06. The van der Waals surface area contributed by atoms with E-state index in [0.717, 1.165) is 22.3 Å². The van der Waals surface area contributed by atoms with E-state index in [9.17, 15) is 4.79 Å². The number of nitrogens with one attached hydrogen (secondary N) is 1. The summed E-state index contributed by atoms with van der Waals surface area (Å²) in [6.07, 6.45) is 1.65. The van der Waals surface area contributed by atoms with Crippen molar-refractivity contribution in [2.45, 2.75) is 13.8 Å². The number of methoxy groups -OCH3 is 1. The fraction of sp³-hybridized carbons (Fsp3) is 0.231. The highest BCUT2D eigenvalue weighted by atomic mass is 16.5. The molecule has 1 aromatic carbocycles. The number of aromatic amines is 1. The number of nitrogens with zero attached hydrogens (tertiary/aromatic N) is 1. The van der Waals surface area contributed by atoms with Crippen molar-refractivity contribution in [3.05, 3.63) is 35.0 Å². The molecule has 0 aliphatic rings. The standard InChI is InChI=1S/C13H15N3O2/c1-7-4-8(2)10(13(17)18-3)5-9(7)11-6-15-16-12(11)14/h4-6H,1-3H3,(H3,14,15,16). The topological polar surface area (TPSA) is 81.0 Å². The predicted molar refractivity (Wildman–Crippen MR) is 69.2 cm³/mol. The Morgan fingerprint density at radius 1 is 1.28 bits per heavy atom. The van der Waals surface area contributed by atoms with Gasteiger partial charge in [-0.1, -0.05) is 6.07 Å². The highest BCUT2D eigenvalue weighted by Gasteiger charge is 2.15. The van der Waals surface area contributed by atoms with Crippen LogP contribution in [0, 0.1) is 13.8 Å². The fourth-order valence-corrected chi connectivity index (χ4v) is 1.98. The second-order valence-corrected chi connectivity index (χ2v) is 4.17. The molecule has 0 saturated carbocycles. The van der Waals surface area contributed by atoms with Crippen molar-refractivity contribution in [2.75, 3.05) is 12.8 Å². The molecule has 0 aliphatic carbocycles. The molecule has 2 aromatic rings. The Hall–Kier alpha value is -2.30. The normalized spacial score (nSPS) is 10.4. The molecule has 0 bridgehead atoms. The van der Waals surface area contributed by atoms with Gasteiger partial charge in [0, 0.05) is 5.56 Å². The van der Waals surface area contributed by atoms with Crippen molar-refractivity contribution in [3.8, 4) is 11.1 Å². The van der Waals surface area contributed by atoms with Crippen molar-refractivity contribution in [2.24, 2.45) is 0 Å². The average molecular weight is 245 g/mol. The van der Waals surface area contributed by atoms with Crippen LogP contribution in [-0.4, -0.2) is 23.3 Å². The lowest BCUT2D eigenvalue weighted by Gasteiger charge is -2.10. The third-order valence-corrected chi connectivity index (χ3v) is 2.94. The van der Waals surface area contributed by atoms with Crippen LogP contribution in [0.5, 0.6) is 0 Å². The fourth-order valence-electron chi connectivity index (χ4n) is 1.98. The lowest BCUT2D eigenvalue weighted by molar-refractivity contribution is 0.0600. The van der Waals surface area contributed by atoms with Crippen molar-refractivity contribution < 1.29 is 9.53 Å². The third-order valence-electron chi connectivity index (χ3n) is 2.94. The zero-order chi connectivity index (χ0) is 13.3. The van der Waals surface area contributed by atoms with E-state index in [4.69, 9.17) is 10.5 Å². The van der Waals surface area contributed by atoms with Crippen molar-refractivity contribution in [1.29, 1.82) is 0 Å². The van der Waals surface area contributed by atoms with E-state index in [1.807, 2.05) is 19.9 Å². The summed E-state index contributed by atoms with van der Waals surface area (Å²) in [7, 11) is 1.37. The van der Waals surface area contributed by atoms with Gasteiger partial charge < -0.3 is 10.5 Å². The third kappa shape index (κ3) is 1.95. The van der Waals surface area contributed by atoms with E-state index in [2.05, 4.69) is 10.2 Å². The molecule has 0 unspecified atom stereocenters. The summed E-state index contributed by atoms with van der Waals surface area (Å²) >= 11 is 0. The van der Waals surface area contributed by atoms with Crippen LogP contribution in [-0.2, 0) is 4.74 Å². The van der Waals surface area contributed by atoms with E-state index in [1.54, 1.807) is 12.3 Å². The average Bonchev–Trinajstić information content (AvgIpc) is 2.75. The van der Waals surface area contributed by atoms with Crippen molar-refractivity contribution >= 4 is 11.8 Å². The molecule has 3 N–H and O–H groups in total. The Bertz CT molecular complexity index is 602. The number of carbonyl (C=O) groups is 1. The molecule has 1 heterocycles. The van der Waals surface area contributed by atoms with Crippen LogP contribution in [0.2, 0.25) is 0 Å². The summed E-state index contributed by atoms with van der Waals surface area (Å²) in [5, 5.41) is 6.57. The summed E-state index contributed by atoms with van der Waals surface area (Å²) in [5.41, 5.74) is 9.93. The van der Waals surface area contributed by atoms with E-state index in [0.29, 0.717) is 11.4 Å². The number of benzene rings is 1. The van der Waals surface area contributed by atoms with Gasteiger partial charge in [-0.3, -0.25) is 5.10 Å². The summed E-state index contributed by atoms with van der Waals surface area (Å²) < 4.78 is 4.77. The molecule has 0 saturated heterocycles. The second kappa shape index (κ2) is 4.52. The molecule has 0 aliphatic heterocycles. The van der Waals surface area contributed by atoms with E-state index in [1.165, 1.54) is 7.11 Å². The van der Waals surface area contributed by atoms with Crippen molar-refractivity contribution in [3.63, 3.8) is 0 Å². The highest BCUT2D eigenvalue weighted by molar-refractivity contribution is 5.93. The maximum Gasteiger partial charge on any atom is 0.338 e. The minimum absolute atomic E-state index is 0.351. The first-order chi connectivity index (χ1) is 8.54. The van der Waals surface area contributed by atoms with E-state index < -0.39 is 0 Å². The summed E-state index contributed by atoms with van der Waals surface area (Å²) in [6.45, 7) is 3.84. The number of nitrogens with two attached hydrogens (primary N) is 1. The maximum atomic E-state index is 11.7. The van der Waals surface area contributed by atoms with Gasteiger partial charge in [-0.2, -0.15) is 5.10 Å². The molecular weight excluding hydrogens is 230 g/mol. The predicted octanol–water partition coefficient (Wildman–Crippen LogP) is 2.06. The zero-order valence-corrected chi connectivity index (χ0v) is 10.6. The Labute approximate surface area is 105 Å². The van der Waals surface area contributed by atoms with Crippen molar-refractivity contribution in [1.82, 2.24) is 10.2 Å². The van der Waals surface area contributed by atoms with Crippen LogP contribution in [0.15, 0.2) is 18.3 Å². The van der Waals surface area contributed by atoms with E-state index in [-0.39, 0.29) is 5.97 Å². The number of aromatic nitrogens is 2. The second-order valence-electron chi connectivity index (χ2n) is 4.17. The van der Waals surface area contributed by atoms with Gasteiger partial charge in [0.2, 0.25) is 0 Å². The summed E-state index contributed by atoms with van der Waals surface area (Å²) in [4.78, 5) is 11.7. The molecule has 2 rings (SSSR count). The quantitative estimate of drug-likeness (QED) is 0.793. The highest BCUT2D eigenvalue weighted by Crippen LogP contribution is 2.29. The number of carbonyl (C=O) groups excluding carboxylic acids is 1. The number of nitrogen functional groups attached to an aromatic ring is 1.